The van der Waals surface area contributed by atoms with Crippen molar-refractivity contribution in [2.75, 3.05) is 11.9 Å². The summed E-state index contributed by atoms with van der Waals surface area (Å²) >= 11 is 4.20. The van der Waals surface area contributed by atoms with Crippen LogP contribution >= 0.6 is 12.6 Å². The van der Waals surface area contributed by atoms with Crippen molar-refractivity contribution in [3.05, 3.63) is 22.7 Å². The lowest BCUT2D eigenvalue weighted by Gasteiger charge is -2.17. The molecule has 1 aromatic heterocycles. The van der Waals surface area contributed by atoms with E-state index in [4.69, 9.17) is 9.84 Å². The van der Waals surface area contributed by atoms with Crippen molar-refractivity contribution < 1.29 is 14.9 Å². The molecule has 94 valence electrons. The molecule has 8 heteroatoms. The summed E-state index contributed by atoms with van der Waals surface area (Å²) in [6.07, 6.45) is -0.787. The minimum atomic E-state index is -0.866. The molecular weight excluding hydrogens is 246 g/mol. The number of anilines is 1. The highest BCUT2D eigenvalue weighted by Gasteiger charge is 2.41. The van der Waals surface area contributed by atoms with Crippen LogP contribution in [0.2, 0.25) is 0 Å². The number of nitrogens with zero attached hydrogens (tertiary/aromatic N) is 1. The number of hydrogen-bond donors (Lipinski definition) is 5. The number of aliphatic hydroxyl groups excluding tert-OH is 2. The Kier molecular flexibility index (Phi) is 3.67. The molecule has 17 heavy (non-hydrogen) atoms. The van der Waals surface area contributed by atoms with Crippen LogP contribution in [0.4, 0.5) is 5.82 Å². The summed E-state index contributed by atoms with van der Waals surface area (Å²) in [5.41, 5.74) is -0.483. The first-order chi connectivity index (χ1) is 8.11. The Labute approximate surface area is 102 Å². The van der Waals surface area contributed by atoms with E-state index in [-0.39, 0.29) is 6.61 Å². The lowest BCUT2D eigenvalue weighted by atomic mass is 10.2. The van der Waals surface area contributed by atoms with Gasteiger partial charge in [0.15, 0.2) is 0 Å². The van der Waals surface area contributed by atoms with Crippen molar-refractivity contribution in [2.24, 2.45) is 0 Å². The van der Waals surface area contributed by atoms with Crippen molar-refractivity contribution >= 4 is 18.4 Å². The second-order valence-electron chi connectivity index (χ2n) is 3.69. The first-order valence-corrected chi connectivity index (χ1v) is 5.58. The van der Waals surface area contributed by atoms with Gasteiger partial charge < -0.3 is 20.3 Å². The molecule has 4 atom stereocenters. The van der Waals surface area contributed by atoms with E-state index in [0.29, 0.717) is 5.82 Å². The quantitative estimate of drug-likeness (QED) is 0.425. The Morgan fingerprint density at radius 3 is 3.00 bits per heavy atom. The molecular formula is C9H13N3O4S. The van der Waals surface area contributed by atoms with Gasteiger partial charge in [0, 0.05) is 6.20 Å². The maximum atomic E-state index is 11.0. The number of aromatic amines is 1. The van der Waals surface area contributed by atoms with Gasteiger partial charge >= 0.3 is 5.69 Å². The lowest BCUT2D eigenvalue weighted by Crippen LogP contribution is -2.33. The van der Waals surface area contributed by atoms with Gasteiger partial charge in [0.1, 0.15) is 18.1 Å². The molecule has 2 heterocycles. The molecule has 1 aromatic rings. The van der Waals surface area contributed by atoms with Gasteiger partial charge in [-0.25, -0.2) is 9.78 Å². The van der Waals surface area contributed by atoms with E-state index in [9.17, 15) is 9.90 Å². The van der Waals surface area contributed by atoms with Crippen LogP contribution in [0, 0.1) is 0 Å². The molecule has 1 saturated heterocycles. The minimum absolute atomic E-state index is 0.288. The summed E-state index contributed by atoms with van der Waals surface area (Å²) in [6.45, 7) is -0.288. The Bertz CT molecular complexity index is 440. The van der Waals surface area contributed by atoms with Crippen molar-refractivity contribution in [3.63, 3.8) is 0 Å². The van der Waals surface area contributed by atoms with Crippen molar-refractivity contribution in [1.82, 2.24) is 9.97 Å². The van der Waals surface area contributed by atoms with E-state index in [1.54, 1.807) is 6.07 Å². The van der Waals surface area contributed by atoms with E-state index in [1.165, 1.54) is 6.20 Å². The monoisotopic (exact) mass is 259 g/mol. The molecule has 1 unspecified atom stereocenters. The third-order valence-electron chi connectivity index (χ3n) is 2.51. The van der Waals surface area contributed by atoms with Crippen LogP contribution in [0.15, 0.2) is 17.1 Å². The van der Waals surface area contributed by atoms with Gasteiger partial charge in [-0.3, -0.25) is 4.98 Å². The van der Waals surface area contributed by atoms with Crippen LogP contribution in [-0.4, -0.2) is 50.5 Å². The molecule has 1 aliphatic heterocycles. The summed E-state index contributed by atoms with van der Waals surface area (Å²) in [5.74, 6) is 0.417. The smallest absolute Gasteiger partial charge is 0.346 e. The molecule has 2 rings (SSSR count). The van der Waals surface area contributed by atoms with Gasteiger partial charge in [-0.05, 0) is 6.07 Å². The molecule has 7 nitrogen and oxygen atoms in total. The topological polar surface area (TPSA) is 107 Å². The molecule has 0 spiro atoms. The van der Waals surface area contributed by atoms with E-state index in [2.05, 4.69) is 27.9 Å². The van der Waals surface area contributed by atoms with Gasteiger partial charge in [0.25, 0.3) is 0 Å². The fraction of sp³-hybridized carbons (Fsp3) is 0.556. The minimum Gasteiger partial charge on any atom is -0.394 e. The number of rotatable bonds is 3. The molecule has 0 amide bonds. The molecule has 1 aliphatic rings. The maximum Gasteiger partial charge on any atom is 0.346 e. The third-order valence-corrected chi connectivity index (χ3v) is 3.09. The number of aliphatic hydroxyl groups is 2. The molecule has 0 radical (unpaired) electrons. The molecule has 0 aliphatic carbocycles. The predicted octanol–water partition coefficient (Wildman–Crippen LogP) is -1.44. The highest BCUT2D eigenvalue weighted by atomic mass is 32.1. The average Bonchev–Trinajstić information content (AvgIpc) is 2.57. The highest BCUT2D eigenvalue weighted by molar-refractivity contribution is 7.81. The van der Waals surface area contributed by atoms with Crippen LogP contribution in [0.25, 0.3) is 0 Å². The zero-order valence-electron chi connectivity index (χ0n) is 8.78. The first-order valence-electron chi connectivity index (χ1n) is 5.06. The fourth-order valence-electron chi connectivity index (χ4n) is 1.62. The number of thiol groups is 1. The molecule has 1 fully saturated rings. The third kappa shape index (κ3) is 2.60. The van der Waals surface area contributed by atoms with Crippen LogP contribution in [-0.2, 0) is 4.74 Å². The lowest BCUT2D eigenvalue weighted by molar-refractivity contribution is -0.0149. The van der Waals surface area contributed by atoms with Crippen LogP contribution in [0.1, 0.15) is 0 Å². The van der Waals surface area contributed by atoms with E-state index >= 15 is 0 Å². The summed E-state index contributed by atoms with van der Waals surface area (Å²) in [7, 11) is 0. The summed E-state index contributed by atoms with van der Waals surface area (Å²) < 4.78 is 5.35. The van der Waals surface area contributed by atoms with Crippen molar-refractivity contribution in [2.45, 2.75) is 23.7 Å². The maximum absolute atomic E-state index is 11.0. The Morgan fingerprint density at radius 1 is 1.65 bits per heavy atom. The molecule has 0 bridgehead atoms. The molecule has 0 aromatic carbocycles. The highest BCUT2D eigenvalue weighted by Crippen LogP contribution is 2.25. The Hall–Kier alpha value is -1.09. The first kappa shape index (κ1) is 12.4. The Balaban J connectivity index is 2.07. The van der Waals surface area contributed by atoms with Gasteiger partial charge in [0.05, 0.1) is 18.0 Å². The zero-order chi connectivity index (χ0) is 12.4. The summed E-state index contributed by atoms with van der Waals surface area (Å²) in [5, 5.41) is 21.0. The predicted molar refractivity (Wildman–Crippen MR) is 63.0 cm³/mol. The van der Waals surface area contributed by atoms with E-state index in [0.717, 1.165) is 0 Å². The van der Waals surface area contributed by atoms with Gasteiger partial charge in [-0.1, -0.05) is 0 Å². The summed E-state index contributed by atoms with van der Waals surface area (Å²) in [6, 6.07) is 1.56. The average molecular weight is 259 g/mol. The molecule has 0 saturated carbocycles. The number of ether oxygens (including phenoxy) is 1. The normalized spacial score (nSPS) is 32.6. The number of H-pyrrole nitrogens is 1. The molecule has 4 N–H and O–H groups in total. The number of hydrogen-bond acceptors (Lipinski definition) is 7. The zero-order valence-corrected chi connectivity index (χ0v) is 9.67. The SMILES string of the molecule is O=c1nccc(NC2O[C@H](CO)[C@H](O)[C@H]2S)[nH]1. The van der Waals surface area contributed by atoms with Crippen molar-refractivity contribution in [1.29, 1.82) is 0 Å². The van der Waals surface area contributed by atoms with Crippen LogP contribution in [0.5, 0.6) is 0 Å². The number of nitrogens with one attached hydrogen (secondary N) is 2. The Morgan fingerprint density at radius 2 is 2.41 bits per heavy atom. The van der Waals surface area contributed by atoms with E-state index < -0.39 is 29.4 Å². The fourth-order valence-corrected chi connectivity index (χ4v) is 1.96. The largest absolute Gasteiger partial charge is 0.394 e. The van der Waals surface area contributed by atoms with E-state index in [1.807, 2.05) is 0 Å². The summed E-state index contributed by atoms with van der Waals surface area (Å²) in [4.78, 5) is 16.9. The van der Waals surface area contributed by atoms with Gasteiger partial charge in [0.2, 0.25) is 0 Å². The second-order valence-corrected chi connectivity index (χ2v) is 4.29. The number of aromatic nitrogens is 2. The van der Waals surface area contributed by atoms with Crippen molar-refractivity contribution in [3.8, 4) is 0 Å². The van der Waals surface area contributed by atoms with Crippen LogP contribution in [0.3, 0.4) is 0 Å². The van der Waals surface area contributed by atoms with Crippen LogP contribution < -0.4 is 11.0 Å². The second kappa shape index (κ2) is 5.05. The van der Waals surface area contributed by atoms with Gasteiger partial charge in [-0.2, -0.15) is 12.6 Å². The standard InChI is InChI=1S/C9H13N3O4S/c13-3-4-6(14)7(17)8(16-4)11-5-1-2-10-9(15)12-5/h1-2,4,6-8,13-14,17H,3H2,(H2,10,11,12,15)/t4-,6+,7-,8?/m1/s1. The van der Waals surface area contributed by atoms with Gasteiger partial charge in [-0.15, -0.1) is 0 Å².